The van der Waals surface area contributed by atoms with E-state index in [4.69, 9.17) is 4.98 Å². The van der Waals surface area contributed by atoms with Crippen molar-refractivity contribution in [1.82, 2.24) is 19.9 Å². The number of thiazole rings is 1. The van der Waals surface area contributed by atoms with Gasteiger partial charge in [0, 0.05) is 18.6 Å². The van der Waals surface area contributed by atoms with Crippen LogP contribution in [-0.4, -0.2) is 36.1 Å². The number of fused-ring (bicyclic) bond motifs is 1. The summed E-state index contributed by atoms with van der Waals surface area (Å²) in [5.41, 5.74) is 2.31. The van der Waals surface area contributed by atoms with Crippen LogP contribution in [-0.2, 0) is 12.0 Å². The first kappa shape index (κ1) is 21.2. The standard InChI is InChI=1S/C24H21N5O3S/c1-14-9-18(28-20(10-14)29-21-13-25-7-8-26-21)19-12-27-23(33-19)24(32)6-2-3-15-11-16(22(30)31)4-5-17(15)24/h4-5,7-13,32H,2-3,6H2,1H3,(H,30,31)(H,26,28,29)/t24-/m0/s1. The second kappa shape index (κ2) is 8.34. The number of benzene rings is 1. The Morgan fingerprint density at radius 2 is 2.00 bits per heavy atom. The number of rotatable bonds is 5. The number of aromatic carboxylic acids is 1. The van der Waals surface area contributed by atoms with Gasteiger partial charge in [0.05, 0.1) is 22.3 Å². The topological polar surface area (TPSA) is 121 Å². The first-order valence-electron chi connectivity index (χ1n) is 10.5. The van der Waals surface area contributed by atoms with Gasteiger partial charge in [-0.2, -0.15) is 0 Å². The number of pyridine rings is 1. The minimum atomic E-state index is -1.25. The van der Waals surface area contributed by atoms with Crippen molar-refractivity contribution >= 4 is 28.9 Å². The monoisotopic (exact) mass is 459 g/mol. The molecule has 5 rings (SSSR count). The van der Waals surface area contributed by atoms with Gasteiger partial charge in [-0.1, -0.05) is 6.07 Å². The summed E-state index contributed by atoms with van der Waals surface area (Å²) in [7, 11) is 0. The second-order valence-electron chi connectivity index (χ2n) is 8.05. The number of carboxylic acids is 1. The quantitative estimate of drug-likeness (QED) is 0.403. The van der Waals surface area contributed by atoms with Crippen LogP contribution in [0.15, 0.2) is 55.1 Å². The fourth-order valence-corrected chi connectivity index (χ4v) is 5.17. The summed E-state index contributed by atoms with van der Waals surface area (Å²) in [6.45, 7) is 1.99. The Balaban J connectivity index is 1.49. The molecular formula is C24H21N5O3S. The molecule has 3 aromatic heterocycles. The second-order valence-corrected chi connectivity index (χ2v) is 9.08. The third-order valence-corrected chi connectivity index (χ3v) is 6.85. The summed E-state index contributed by atoms with van der Waals surface area (Å²) < 4.78 is 0. The van der Waals surface area contributed by atoms with Crippen molar-refractivity contribution in [3.05, 3.63) is 82.4 Å². The van der Waals surface area contributed by atoms with Gasteiger partial charge < -0.3 is 15.5 Å². The van der Waals surface area contributed by atoms with E-state index in [-0.39, 0.29) is 5.56 Å². The van der Waals surface area contributed by atoms with Crippen LogP contribution in [0.25, 0.3) is 10.6 Å². The van der Waals surface area contributed by atoms with Crippen LogP contribution in [0.1, 0.15) is 44.9 Å². The molecule has 0 bridgehead atoms. The highest BCUT2D eigenvalue weighted by atomic mass is 32.1. The Morgan fingerprint density at radius 3 is 2.79 bits per heavy atom. The lowest BCUT2D eigenvalue weighted by Gasteiger charge is -2.33. The van der Waals surface area contributed by atoms with Gasteiger partial charge in [-0.3, -0.25) is 4.98 Å². The molecule has 3 N–H and O–H groups in total. The maximum atomic E-state index is 11.6. The molecule has 0 aliphatic heterocycles. The van der Waals surface area contributed by atoms with Crippen LogP contribution in [0.4, 0.5) is 11.6 Å². The lowest BCUT2D eigenvalue weighted by molar-refractivity contribution is 0.0607. The van der Waals surface area contributed by atoms with Crippen molar-refractivity contribution in [2.75, 3.05) is 5.32 Å². The fraction of sp³-hybridized carbons (Fsp3) is 0.208. The van der Waals surface area contributed by atoms with Gasteiger partial charge in [-0.05, 0) is 67.1 Å². The van der Waals surface area contributed by atoms with Crippen molar-refractivity contribution in [2.45, 2.75) is 31.8 Å². The maximum Gasteiger partial charge on any atom is 0.335 e. The Morgan fingerprint density at radius 1 is 1.12 bits per heavy atom. The lowest BCUT2D eigenvalue weighted by Crippen LogP contribution is -2.32. The predicted molar refractivity (Wildman–Crippen MR) is 125 cm³/mol. The molecule has 0 saturated heterocycles. The highest BCUT2D eigenvalue weighted by Crippen LogP contribution is 2.43. The van der Waals surface area contributed by atoms with E-state index in [9.17, 15) is 15.0 Å². The Labute approximate surface area is 194 Å². The van der Waals surface area contributed by atoms with Crippen LogP contribution < -0.4 is 5.32 Å². The zero-order valence-corrected chi connectivity index (χ0v) is 18.6. The molecule has 1 aliphatic carbocycles. The van der Waals surface area contributed by atoms with E-state index in [1.165, 1.54) is 11.3 Å². The summed E-state index contributed by atoms with van der Waals surface area (Å²) in [4.78, 5) is 29.7. The van der Waals surface area contributed by atoms with Gasteiger partial charge in [0.25, 0.3) is 0 Å². The van der Waals surface area contributed by atoms with E-state index < -0.39 is 11.6 Å². The van der Waals surface area contributed by atoms with Gasteiger partial charge in [-0.25, -0.2) is 19.7 Å². The number of carbonyl (C=O) groups is 1. The van der Waals surface area contributed by atoms with Crippen LogP contribution >= 0.6 is 11.3 Å². The smallest absolute Gasteiger partial charge is 0.335 e. The van der Waals surface area contributed by atoms with Gasteiger partial charge >= 0.3 is 5.97 Å². The summed E-state index contributed by atoms with van der Waals surface area (Å²) in [5.74, 6) is 0.267. The third kappa shape index (κ3) is 4.08. The SMILES string of the molecule is Cc1cc(Nc2cnccn2)nc(-c2cnc([C@]3(O)CCCc4cc(C(=O)O)ccc43)s2)c1. The number of anilines is 2. The van der Waals surface area contributed by atoms with E-state index in [2.05, 4.69) is 20.3 Å². The molecule has 9 heteroatoms. The van der Waals surface area contributed by atoms with Gasteiger partial charge in [0.1, 0.15) is 22.2 Å². The van der Waals surface area contributed by atoms with Gasteiger partial charge in [-0.15, -0.1) is 11.3 Å². The number of aryl methyl sites for hydroxylation is 2. The summed E-state index contributed by atoms with van der Waals surface area (Å²) in [6.07, 6.45) is 8.57. The molecule has 0 spiro atoms. The molecule has 0 radical (unpaired) electrons. The number of carboxylic acid groups (broad SMARTS) is 1. The van der Waals surface area contributed by atoms with Gasteiger partial charge in [0.15, 0.2) is 0 Å². The molecule has 4 aromatic rings. The average Bonchev–Trinajstić information content (AvgIpc) is 3.31. The van der Waals surface area contributed by atoms with Crippen molar-refractivity contribution in [3.8, 4) is 10.6 Å². The molecule has 0 amide bonds. The van der Waals surface area contributed by atoms with Crippen molar-refractivity contribution in [2.24, 2.45) is 0 Å². The number of hydrogen-bond acceptors (Lipinski definition) is 8. The minimum absolute atomic E-state index is 0.227. The van der Waals surface area contributed by atoms with Crippen molar-refractivity contribution in [3.63, 3.8) is 0 Å². The molecule has 1 aliphatic rings. The molecule has 1 atom stereocenters. The van der Waals surface area contributed by atoms with E-state index in [0.717, 1.165) is 40.1 Å². The van der Waals surface area contributed by atoms with E-state index in [0.29, 0.717) is 23.1 Å². The highest BCUT2D eigenvalue weighted by molar-refractivity contribution is 7.15. The molecule has 166 valence electrons. The lowest BCUT2D eigenvalue weighted by atomic mass is 9.79. The number of nitrogens with one attached hydrogen (secondary N) is 1. The molecule has 0 saturated carbocycles. The zero-order valence-electron chi connectivity index (χ0n) is 17.8. The molecule has 0 unspecified atom stereocenters. The summed E-state index contributed by atoms with van der Waals surface area (Å²) >= 11 is 1.39. The normalized spacial score (nSPS) is 17.4. The zero-order chi connectivity index (χ0) is 23.0. The number of hydrogen-bond donors (Lipinski definition) is 3. The number of nitrogens with zero attached hydrogens (tertiary/aromatic N) is 4. The Bertz CT molecular complexity index is 1340. The van der Waals surface area contributed by atoms with Crippen LogP contribution in [0, 0.1) is 6.92 Å². The fourth-order valence-electron chi connectivity index (χ4n) is 4.16. The largest absolute Gasteiger partial charge is 0.478 e. The first-order valence-corrected chi connectivity index (χ1v) is 11.3. The van der Waals surface area contributed by atoms with Crippen molar-refractivity contribution < 1.29 is 15.0 Å². The molecule has 0 fully saturated rings. The molecule has 8 nitrogen and oxygen atoms in total. The molecule has 3 heterocycles. The average molecular weight is 460 g/mol. The van der Waals surface area contributed by atoms with Crippen molar-refractivity contribution in [1.29, 1.82) is 0 Å². The van der Waals surface area contributed by atoms with E-state index in [1.54, 1.807) is 43.0 Å². The minimum Gasteiger partial charge on any atom is -0.478 e. The van der Waals surface area contributed by atoms with E-state index in [1.807, 2.05) is 19.1 Å². The van der Waals surface area contributed by atoms with Crippen LogP contribution in [0.3, 0.4) is 0 Å². The third-order valence-electron chi connectivity index (χ3n) is 5.68. The van der Waals surface area contributed by atoms with E-state index >= 15 is 0 Å². The molecule has 1 aromatic carbocycles. The first-order chi connectivity index (χ1) is 15.9. The number of aliphatic hydroxyl groups is 1. The van der Waals surface area contributed by atoms with Crippen LogP contribution in [0.2, 0.25) is 0 Å². The summed E-state index contributed by atoms with van der Waals surface area (Å²) in [6, 6.07) is 8.80. The van der Waals surface area contributed by atoms with Crippen LogP contribution in [0.5, 0.6) is 0 Å². The Kier molecular flexibility index (Phi) is 5.35. The highest BCUT2D eigenvalue weighted by Gasteiger charge is 2.39. The molecule has 33 heavy (non-hydrogen) atoms. The summed E-state index contributed by atoms with van der Waals surface area (Å²) in [5, 5.41) is 24.7. The Hall–Kier alpha value is -3.69. The number of aromatic nitrogens is 4. The maximum absolute atomic E-state index is 11.6. The molecular weight excluding hydrogens is 438 g/mol. The van der Waals surface area contributed by atoms with Gasteiger partial charge in [0.2, 0.25) is 0 Å². The predicted octanol–water partition coefficient (Wildman–Crippen LogP) is 4.32.